The number of aromatic nitrogens is 1. The lowest BCUT2D eigenvalue weighted by Gasteiger charge is -2.18. The summed E-state index contributed by atoms with van der Waals surface area (Å²) in [6.45, 7) is 1.30. The van der Waals surface area contributed by atoms with Gasteiger partial charge in [-0.15, -0.1) is 0 Å². The number of fused-ring (bicyclic) bond motifs is 2. The number of pyridine rings is 1. The van der Waals surface area contributed by atoms with Crippen LogP contribution in [-0.4, -0.2) is 31.1 Å². The van der Waals surface area contributed by atoms with Crippen LogP contribution in [0.1, 0.15) is 21.5 Å². The second-order valence-corrected chi connectivity index (χ2v) is 7.75. The van der Waals surface area contributed by atoms with Gasteiger partial charge in [-0.2, -0.15) is 0 Å². The number of nitrogens with zero attached hydrogens (tertiary/aromatic N) is 1. The molecule has 0 saturated carbocycles. The molecule has 170 valence electrons. The number of carbonyl (C=O) groups is 1. The molecule has 1 aliphatic rings. The van der Waals surface area contributed by atoms with E-state index in [0.717, 1.165) is 22.0 Å². The van der Waals surface area contributed by atoms with Crippen LogP contribution in [0.25, 0.3) is 17.0 Å². The first kappa shape index (κ1) is 21.5. The van der Waals surface area contributed by atoms with Crippen LogP contribution in [0.15, 0.2) is 79.0 Å². The first-order valence-corrected chi connectivity index (χ1v) is 11.0. The van der Waals surface area contributed by atoms with E-state index in [4.69, 9.17) is 18.9 Å². The predicted molar refractivity (Wildman–Crippen MR) is 130 cm³/mol. The van der Waals surface area contributed by atoms with Crippen molar-refractivity contribution in [3.63, 3.8) is 0 Å². The summed E-state index contributed by atoms with van der Waals surface area (Å²) in [4.78, 5) is 17.1. The molecule has 0 N–H and O–H groups in total. The molecule has 34 heavy (non-hydrogen) atoms. The first-order chi connectivity index (χ1) is 16.7. The standard InChI is InChI=1S/C28H23NO5/c1-31-24-11-8-19(7-10-23(30)21-9-12-25-27(17-21)33-15-14-32-25)16-22(24)18-34-26-6-2-4-20-5-3-13-29-28(20)26/h2-13,16-17H,14-15,18H2,1H3/b10-7+. The van der Waals surface area contributed by atoms with Crippen molar-refractivity contribution in [3.8, 4) is 23.0 Å². The van der Waals surface area contributed by atoms with Crippen LogP contribution in [0, 0.1) is 0 Å². The summed E-state index contributed by atoms with van der Waals surface area (Å²) in [5, 5.41) is 1.02. The minimum atomic E-state index is -0.118. The van der Waals surface area contributed by atoms with Gasteiger partial charge in [0, 0.05) is 22.7 Å². The number of rotatable bonds is 7. The smallest absolute Gasteiger partial charge is 0.185 e. The maximum Gasteiger partial charge on any atom is 0.185 e. The van der Waals surface area contributed by atoms with Gasteiger partial charge >= 0.3 is 0 Å². The molecule has 0 radical (unpaired) electrons. The second-order valence-electron chi connectivity index (χ2n) is 7.75. The minimum absolute atomic E-state index is 0.118. The van der Waals surface area contributed by atoms with Gasteiger partial charge in [0.25, 0.3) is 0 Å². The molecule has 0 amide bonds. The summed E-state index contributed by atoms with van der Waals surface area (Å²) in [6, 6.07) is 20.7. The molecule has 4 aromatic rings. The number of allylic oxidation sites excluding steroid dienone is 1. The largest absolute Gasteiger partial charge is 0.496 e. The van der Waals surface area contributed by atoms with Crippen LogP contribution >= 0.6 is 0 Å². The highest BCUT2D eigenvalue weighted by Gasteiger charge is 2.14. The molecular formula is C28H23NO5. The summed E-state index contributed by atoms with van der Waals surface area (Å²) >= 11 is 0. The van der Waals surface area contributed by atoms with Crippen molar-refractivity contribution >= 4 is 22.8 Å². The van der Waals surface area contributed by atoms with Gasteiger partial charge in [0.2, 0.25) is 0 Å². The highest BCUT2D eigenvalue weighted by atomic mass is 16.6. The van der Waals surface area contributed by atoms with Crippen LogP contribution in [0.3, 0.4) is 0 Å². The van der Waals surface area contributed by atoms with E-state index >= 15 is 0 Å². The lowest BCUT2D eigenvalue weighted by Crippen LogP contribution is -2.15. The lowest BCUT2D eigenvalue weighted by atomic mass is 10.1. The van der Waals surface area contributed by atoms with Crippen LogP contribution in [0.5, 0.6) is 23.0 Å². The zero-order valence-corrected chi connectivity index (χ0v) is 18.7. The van der Waals surface area contributed by atoms with Crippen molar-refractivity contribution in [1.82, 2.24) is 4.98 Å². The molecule has 6 nitrogen and oxygen atoms in total. The molecule has 5 rings (SSSR count). The van der Waals surface area contributed by atoms with Gasteiger partial charge in [-0.25, -0.2) is 0 Å². The quantitative estimate of drug-likeness (QED) is 0.272. The molecule has 3 aromatic carbocycles. The second kappa shape index (κ2) is 9.67. The molecule has 0 unspecified atom stereocenters. The highest BCUT2D eigenvalue weighted by Crippen LogP contribution is 2.31. The highest BCUT2D eigenvalue weighted by molar-refractivity contribution is 6.07. The molecule has 0 spiro atoms. The predicted octanol–water partition coefficient (Wildman–Crippen LogP) is 5.49. The molecule has 0 saturated heterocycles. The van der Waals surface area contributed by atoms with Gasteiger partial charge in [0.05, 0.1) is 7.11 Å². The molecule has 0 atom stereocenters. The third-order valence-electron chi connectivity index (χ3n) is 5.54. The minimum Gasteiger partial charge on any atom is -0.496 e. The zero-order valence-electron chi connectivity index (χ0n) is 18.7. The Morgan fingerprint density at radius 2 is 1.82 bits per heavy atom. The molecule has 0 aliphatic carbocycles. The van der Waals surface area contributed by atoms with E-state index in [1.807, 2.05) is 48.5 Å². The average Bonchev–Trinajstić information content (AvgIpc) is 2.90. The van der Waals surface area contributed by atoms with Crippen molar-refractivity contribution in [2.24, 2.45) is 0 Å². The topological polar surface area (TPSA) is 66.9 Å². The average molecular weight is 453 g/mol. The van der Waals surface area contributed by atoms with Crippen LogP contribution < -0.4 is 18.9 Å². The van der Waals surface area contributed by atoms with E-state index < -0.39 is 0 Å². The van der Waals surface area contributed by atoms with E-state index in [-0.39, 0.29) is 5.78 Å². The summed E-state index contributed by atoms with van der Waals surface area (Å²) in [6.07, 6.45) is 5.08. The normalized spacial score (nSPS) is 12.6. The Morgan fingerprint density at radius 1 is 0.971 bits per heavy atom. The van der Waals surface area contributed by atoms with Gasteiger partial charge in [-0.05, 0) is 54.1 Å². The van der Waals surface area contributed by atoms with Crippen molar-refractivity contribution in [2.75, 3.05) is 20.3 Å². The maximum atomic E-state index is 12.7. The monoisotopic (exact) mass is 453 g/mol. The Labute approximate surface area is 197 Å². The number of benzene rings is 3. The summed E-state index contributed by atoms with van der Waals surface area (Å²) < 4.78 is 22.7. The van der Waals surface area contributed by atoms with Crippen molar-refractivity contribution in [3.05, 3.63) is 95.7 Å². The number of para-hydroxylation sites is 1. The van der Waals surface area contributed by atoms with Crippen molar-refractivity contribution in [1.29, 1.82) is 0 Å². The van der Waals surface area contributed by atoms with Crippen molar-refractivity contribution in [2.45, 2.75) is 6.61 Å². The van der Waals surface area contributed by atoms with Crippen LogP contribution in [0.2, 0.25) is 0 Å². The van der Waals surface area contributed by atoms with Gasteiger partial charge in [-0.3, -0.25) is 9.78 Å². The van der Waals surface area contributed by atoms with Gasteiger partial charge in [0.1, 0.15) is 36.8 Å². The number of ether oxygens (including phenoxy) is 4. The number of ketones is 1. The van der Waals surface area contributed by atoms with Crippen molar-refractivity contribution < 1.29 is 23.7 Å². The van der Waals surface area contributed by atoms with Crippen LogP contribution in [-0.2, 0) is 6.61 Å². The number of carbonyl (C=O) groups excluding carboxylic acids is 1. The van der Waals surface area contributed by atoms with Crippen LogP contribution in [0.4, 0.5) is 0 Å². The summed E-state index contributed by atoms with van der Waals surface area (Å²) in [7, 11) is 1.62. The fraction of sp³-hybridized carbons (Fsp3) is 0.143. The maximum absolute atomic E-state index is 12.7. The Bertz CT molecular complexity index is 1370. The van der Waals surface area contributed by atoms with E-state index in [2.05, 4.69) is 4.98 Å². The lowest BCUT2D eigenvalue weighted by molar-refractivity contribution is 0.104. The van der Waals surface area contributed by atoms with E-state index in [0.29, 0.717) is 48.4 Å². The molecule has 1 aromatic heterocycles. The molecule has 2 heterocycles. The van der Waals surface area contributed by atoms with Gasteiger partial charge in [-0.1, -0.05) is 30.3 Å². The number of methoxy groups -OCH3 is 1. The number of hydrogen-bond donors (Lipinski definition) is 0. The van der Waals surface area contributed by atoms with E-state index in [9.17, 15) is 4.79 Å². The Morgan fingerprint density at radius 3 is 2.71 bits per heavy atom. The number of hydrogen-bond acceptors (Lipinski definition) is 6. The Balaban J connectivity index is 1.33. The Kier molecular flexibility index (Phi) is 6.12. The first-order valence-electron chi connectivity index (χ1n) is 11.0. The van der Waals surface area contributed by atoms with Gasteiger partial charge < -0.3 is 18.9 Å². The molecular weight excluding hydrogens is 430 g/mol. The SMILES string of the molecule is COc1ccc(/C=C/C(=O)c2ccc3c(c2)OCCO3)cc1COc1cccc2cccnc12. The van der Waals surface area contributed by atoms with E-state index in [1.165, 1.54) is 0 Å². The molecule has 1 aliphatic heterocycles. The third-order valence-corrected chi connectivity index (χ3v) is 5.54. The molecule has 0 fully saturated rings. The fourth-order valence-corrected chi connectivity index (χ4v) is 3.83. The molecule has 0 bridgehead atoms. The third kappa shape index (κ3) is 4.57. The summed E-state index contributed by atoms with van der Waals surface area (Å²) in [5.74, 6) is 2.55. The molecule has 6 heteroatoms. The Hall–Kier alpha value is -4.32. The van der Waals surface area contributed by atoms with E-state index in [1.54, 1.807) is 43.7 Å². The summed E-state index contributed by atoms with van der Waals surface area (Å²) in [5.41, 5.74) is 3.08. The fourth-order valence-electron chi connectivity index (χ4n) is 3.83. The van der Waals surface area contributed by atoms with Gasteiger partial charge in [0.15, 0.2) is 17.3 Å². The zero-order chi connectivity index (χ0) is 23.3.